The zero-order valence-electron chi connectivity index (χ0n) is 10.1. The molecular weight excluding hydrogens is 232 g/mol. The minimum Gasteiger partial charge on any atom is -0.550 e. The van der Waals surface area contributed by atoms with Crippen molar-refractivity contribution in [3.63, 3.8) is 0 Å². The summed E-state index contributed by atoms with van der Waals surface area (Å²) in [7, 11) is 0. The molecule has 0 spiro atoms. The average molecular weight is 250 g/mol. The van der Waals surface area contributed by atoms with Crippen LogP contribution in [0.2, 0.25) is 0 Å². The fourth-order valence-electron chi connectivity index (χ4n) is 0. The Morgan fingerprint density at radius 1 is 0.733 bits per heavy atom. The van der Waals surface area contributed by atoms with Gasteiger partial charge in [-0.05, 0) is 0 Å². The summed E-state index contributed by atoms with van der Waals surface area (Å²) in [6, 6.07) is 0. The molecule has 0 amide bonds. The summed E-state index contributed by atoms with van der Waals surface area (Å²) in [6.07, 6.45) is 0. The van der Waals surface area contributed by atoms with Gasteiger partial charge in [0.2, 0.25) is 0 Å². The zero-order chi connectivity index (χ0) is 12.2. The van der Waals surface area contributed by atoms with Crippen LogP contribution >= 0.6 is 0 Å². The molecule has 15 heavy (non-hydrogen) atoms. The van der Waals surface area contributed by atoms with Crippen LogP contribution in [-0.4, -0.2) is 11.9 Å². The molecule has 0 radical (unpaired) electrons. The first kappa shape index (κ1) is 20.1. The molecule has 4 nitrogen and oxygen atoms in total. The molecule has 0 heterocycles. The smallest absolute Gasteiger partial charge is 0.550 e. The summed E-state index contributed by atoms with van der Waals surface area (Å²) >= 11 is 0. The second-order valence-electron chi connectivity index (χ2n) is 5.07. The van der Waals surface area contributed by atoms with Crippen molar-refractivity contribution in [1.29, 1.82) is 0 Å². The van der Waals surface area contributed by atoms with E-state index in [0.717, 1.165) is 0 Å². The molecule has 0 aliphatic carbocycles. The summed E-state index contributed by atoms with van der Waals surface area (Å²) in [5.74, 6) is -2.01. The second kappa shape index (κ2) is 7.02. The fourth-order valence-corrected chi connectivity index (χ4v) is 0. The average Bonchev–Trinajstić information content (AvgIpc) is 1.83. The van der Waals surface area contributed by atoms with Gasteiger partial charge in [0, 0.05) is 22.8 Å². The molecule has 0 aliphatic rings. The SMILES string of the molecule is CC(C)(C)C(=O)[O-].CC(C)(C)C(=O)[O-].[Ti+4]. The van der Waals surface area contributed by atoms with Gasteiger partial charge in [-0.1, -0.05) is 41.5 Å². The molecule has 5 heteroatoms. The van der Waals surface area contributed by atoms with Crippen molar-refractivity contribution >= 4 is 11.9 Å². The van der Waals surface area contributed by atoms with Gasteiger partial charge in [0.25, 0.3) is 0 Å². The van der Waals surface area contributed by atoms with Crippen LogP contribution in [0.1, 0.15) is 41.5 Å². The van der Waals surface area contributed by atoms with Crippen LogP contribution in [0, 0.1) is 10.8 Å². The van der Waals surface area contributed by atoms with E-state index in [1.165, 1.54) is 0 Å². The van der Waals surface area contributed by atoms with Crippen LogP contribution in [0.25, 0.3) is 0 Å². The minimum absolute atomic E-state index is 0. The predicted octanol–water partition coefficient (Wildman–Crippen LogP) is -0.438. The van der Waals surface area contributed by atoms with Crippen molar-refractivity contribution in [2.75, 3.05) is 0 Å². The Kier molecular flexibility index (Phi) is 9.41. The molecular formula is C10H18O4Ti+2. The molecule has 0 N–H and O–H groups in total. The minimum atomic E-state index is -1.01. The first-order valence-electron chi connectivity index (χ1n) is 4.32. The molecule has 84 valence electrons. The van der Waals surface area contributed by atoms with Gasteiger partial charge >= 0.3 is 21.7 Å². The molecule has 0 unspecified atom stereocenters. The van der Waals surface area contributed by atoms with E-state index in [-0.39, 0.29) is 21.7 Å². The summed E-state index contributed by atoms with van der Waals surface area (Å²) in [6.45, 7) is 9.60. The van der Waals surface area contributed by atoms with Gasteiger partial charge in [0.1, 0.15) is 0 Å². The Morgan fingerprint density at radius 2 is 0.800 bits per heavy atom. The quantitative estimate of drug-likeness (QED) is 0.546. The predicted molar refractivity (Wildman–Crippen MR) is 48.9 cm³/mol. The number of carboxylic acids is 2. The molecule has 0 aromatic carbocycles. The Bertz CT molecular complexity index is 186. The third-order valence-corrected chi connectivity index (χ3v) is 1.22. The topological polar surface area (TPSA) is 80.3 Å². The normalized spacial score (nSPS) is 10.5. The van der Waals surface area contributed by atoms with Crippen molar-refractivity contribution in [1.82, 2.24) is 0 Å². The summed E-state index contributed by atoms with van der Waals surface area (Å²) in [5.41, 5.74) is -1.39. The van der Waals surface area contributed by atoms with E-state index in [0.29, 0.717) is 0 Å². The van der Waals surface area contributed by atoms with Gasteiger partial charge in [-0.2, -0.15) is 0 Å². The number of carbonyl (C=O) groups is 2. The van der Waals surface area contributed by atoms with Crippen LogP contribution < -0.4 is 10.2 Å². The zero-order valence-corrected chi connectivity index (χ0v) is 11.7. The van der Waals surface area contributed by atoms with E-state index in [1.54, 1.807) is 41.5 Å². The maximum Gasteiger partial charge on any atom is 4.00 e. The van der Waals surface area contributed by atoms with Crippen molar-refractivity contribution in [2.24, 2.45) is 10.8 Å². The first-order chi connectivity index (χ1) is 5.89. The first-order valence-corrected chi connectivity index (χ1v) is 4.32. The monoisotopic (exact) mass is 250 g/mol. The molecule has 0 atom stereocenters. The number of carbonyl (C=O) groups excluding carboxylic acids is 2. The number of carboxylic acid groups (broad SMARTS) is 2. The van der Waals surface area contributed by atoms with Gasteiger partial charge in [-0.15, -0.1) is 0 Å². The van der Waals surface area contributed by atoms with Gasteiger partial charge < -0.3 is 19.8 Å². The third kappa shape index (κ3) is 13.7. The second-order valence-corrected chi connectivity index (χ2v) is 5.07. The Labute approximate surface area is 106 Å². The Balaban J connectivity index is -0.000000180. The number of aliphatic carboxylic acids is 2. The van der Waals surface area contributed by atoms with E-state index < -0.39 is 22.8 Å². The summed E-state index contributed by atoms with van der Waals surface area (Å²) in [4.78, 5) is 19.8. The molecule has 0 rings (SSSR count). The Hall–Kier alpha value is -0.346. The van der Waals surface area contributed by atoms with Crippen LogP contribution in [-0.2, 0) is 31.3 Å². The summed E-state index contributed by atoms with van der Waals surface area (Å²) in [5, 5.41) is 19.8. The molecule has 0 aromatic rings. The number of rotatable bonds is 0. The fraction of sp³-hybridized carbons (Fsp3) is 0.800. The van der Waals surface area contributed by atoms with E-state index in [1.807, 2.05) is 0 Å². The van der Waals surface area contributed by atoms with Gasteiger partial charge in [-0.25, -0.2) is 0 Å². The number of hydrogen-bond acceptors (Lipinski definition) is 4. The van der Waals surface area contributed by atoms with Crippen LogP contribution in [0.4, 0.5) is 0 Å². The van der Waals surface area contributed by atoms with E-state index in [9.17, 15) is 19.8 Å². The molecule has 0 aliphatic heterocycles. The van der Waals surface area contributed by atoms with Crippen LogP contribution in [0.3, 0.4) is 0 Å². The van der Waals surface area contributed by atoms with Crippen molar-refractivity contribution in [2.45, 2.75) is 41.5 Å². The largest absolute Gasteiger partial charge is 4.00 e. The van der Waals surface area contributed by atoms with Crippen molar-refractivity contribution in [3.8, 4) is 0 Å². The van der Waals surface area contributed by atoms with Crippen molar-refractivity contribution in [3.05, 3.63) is 0 Å². The van der Waals surface area contributed by atoms with Crippen LogP contribution in [0.15, 0.2) is 0 Å². The maximum atomic E-state index is 9.91. The summed E-state index contributed by atoms with van der Waals surface area (Å²) < 4.78 is 0. The van der Waals surface area contributed by atoms with E-state index in [2.05, 4.69) is 0 Å². The van der Waals surface area contributed by atoms with Crippen molar-refractivity contribution < 1.29 is 41.5 Å². The standard InChI is InChI=1S/2C5H10O2.Ti/c2*1-5(2,3)4(6)7;/h2*1-3H3,(H,6,7);/q;;+4/p-2. The molecule has 0 saturated heterocycles. The van der Waals surface area contributed by atoms with Gasteiger partial charge in [-0.3, -0.25) is 0 Å². The molecule has 0 saturated carbocycles. The van der Waals surface area contributed by atoms with E-state index in [4.69, 9.17) is 0 Å². The van der Waals surface area contributed by atoms with E-state index >= 15 is 0 Å². The van der Waals surface area contributed by atoms with Crippen LogP contribution in [0.5, 0.6) is 0 Å². The molecule has 0 bridgehead atoms. The molecule has 0 fully saturated rings. The molecule has 0 aromatic heterocycles. The third-order valence-electron chi connectivity index (χ3n) is 1.22. The van der Waals surface area contributed by atoms with Gasteiger partial charge in [0.15, 0.2) is 0 Å². The maximum absolute atomic E-state index is 9.91. The Morgan fingerprint density at radius 3 is 0.800 bits per heavy atom. The van der Waals surface area contributed by atoms with Gasteiger partial charge in [0.05, 0.1) is 0 Å². The number of hydrogen-bond donors (Lipinski definition) is 0.